The van der Waals surface area contributed by atoms with E-state index in [1.165, 1.54) is 17.7 Å². The number of nitrogens with zero attached hydrogens (tertiary/aromatic N) is 1. The monoisotopic (exact) mass is 144 g/mol. The van der Waals surface area contributed by atoms with Gasteiger partial charge in [-0.1, -0.05) is 0 Å². The summed E-state index contributed by atoms with van der Waals surface area (Å²) in [6, 6.07) is 0. The number of hydrogen-bond donors (Lipinski definition) is 1. The Bertz CT molecular complexity index is 196. The molecule has 0 saturated carbocycles. The van der Waals surface area contributed by atoms with Gasteiger partial charge in [0.25, 0.3) is 0 Å². The van der Waals surface area contributed by atoms with Crippen molar-refractivity contribution in [1.82, 2.24) is 4.37 Å². The maximum atomic E-state index is 10.0. The average molecular weight is 144 g/mol. The molecule has 0 unspecified atom stereocenters. The highest BCUT2D eigenvalue weighted by Gasteiger charge is 1.96. The first-order chi connectivity index (χ1) is 4.29. The summed E-state index contributed by atoms with van der Waals surface area (Å²) in [7, 11) is 0. The normalized spacial score (nSPS) is 8.89. The lowest BCUT2D eigenvalue weighted by Gasteiger charge is -1.90. The molecule has 1 rings (SSSR count). The van der Waals surface area contributed by atoms with E-state index in [1.807, 2.05) is 0 Å². The number of hydrogen-bond acceptors (Lipinski definition) is 4. The molecule has 0 radical (unpaired) electrons. The Kier molecular flexibility index (Phi) is 1.64. The van der Waals surface area contributed by atoms with Crippen LogP contribution in [0.4, 0.5) is 4.79 Å². The minimum absolute atomic E-state index is 0.396. The lowest BCUT2D eigenvalue weighted by atomic mass is 10.7. The largest absolute Gasteiger partial charge is 0.410 e. The smallest absolute Gasteiger partial charge is 0.408 e. The molecule has 0 atom stereocenters. The van der Waals surface area contributed by atoms with Crippen molar-refractivity contribution >= 4 is 17.6 Å². The molecule has 0 aliphatic carbocycles. The average Bonchev–Trinajstić information content (AvgIpc) is 2.15. The van der Waals surface area contributed by atoms with Crippen LogP contribution < -0.4 is 10.5 Å². The Balaban J connectivity index is 2.58. The van der Waals surface area contributed by atoms with Crippen LogP contribution in [0.15, 0.2) is 11.6 Å². The van der Waals surface area contributed by atoms with Gasteiger partial charge in [-0.3, -0.25) is 0 Å². The van der Waals surface area contributed by atoms with Crippen LogP contribution in [0.1, 0.15) is 0 Å². The van der Waals surface area contributed by atoms with Gasteiger partial charge < -0.3 is 10.5 Å². The molecule has 1 heterocycles. The van der Waals surface area contributed by atoms with Crippen molar-refractivity contribution in [2.45, 2.75) is 0 Å². The van der Waals surface area contributed by atoms with E-state index in [9.17, 15) is 4.79 Å². The van der Waals surface area contributed by atoms with E-state index in [4.69, 9.17) is 5.73 Å². The topological polar surface area (TPSA) is 65.2 Å². The minimum atomic E-state index is -0.810. The predicted molar refractivity (Wildman–Crippen MR) is 32.3 cm³/mol. The van der Waals surface area contributed by atoms with Crippen LogP contribution in [0.2, 0.25) is 0 Å². The van der Waals surface area contributed by atoms with Gasteiger partial charge in [-0.15, -0.1) is 0 Å². The summed E-state index contributed by atoms with van der Waals surface area (Å²) in [4.78, 5) is 10.0. The summed E-state index contributed by atoms with van der Waals surface area (Å²) in [5, 5.41) is 1.59. The number of nitrogens with two attached hydrogens (primary N) is 1. The molecule has 0 fully saturated rings. The first-order valence-corrected chi connectivity index (χ1v) is 2.99. The lowest BCUT2D eigenvalue weighted by molar-refractivity contribution is 0.211. The molecule has 1 aromatic heterocycles. The molecule has 0 bridgehead atoms. The first-order valence-electron chi connectivity index (χ1n) is 2.15. The second kappa shape index (κ2) is 2.45. The van der Waals surface area contributed by atoms with Crippen LogP contribution >= 0.6 is 11.5 Å². The van der Waals surface area contributed by atoms with E-state index in [1.54, 1.807) is 5.38 Å². The second-order valence-electron chi connectivity index (χ2n) is 1.28. The van der Waals surface area contributed by atoms with Crippen LogP contribution in [0.5, 0.6) is 5.75 Å². The van der Waals surface area contributed by atoms with Gasteiger partial charge in [0.15, 0.2) is 5.75 Å². The van der Waals surface area contributed by atoms with Crippen molar-refractivity contribution in [3.05, 3.63) is 11.6 Å². The summed E-state index contributed by atoms with van der Waals surface area (Å²) >= 11 is 1.20. The molecule has 0 aromatic carbocycles. The molecule has 5 heteroatoms. The van der Waals surface area contributed by atoms with Gasteiger partial charge in [-0.05, 0) is 11.5 Å². The lowest BCUT2D eigenvalue weighted by Crippen LogP contribution is -2.15. The summed E-state index contributed by atoms with van der Waals surface area (Å²) in [6.45, 7) is 0. The number of aromatic nitrogens is 1. The molecule has 0 aliphatic heterocycles. The predicted octanol–water partition coefficient (Wildman–Crippen LogP) is 0.601. The van der Waals surface area contributed by atoms with Crippen LogP contribution in [0.3, 0.4) is 0 Å². The SMILES string of the molecule is NC(=O)Oc1cnsc1. The summed E-state index contributed by atoms with van der Waals surface area (Å²) < 4.78 is 8.13. The summed E-state index contributed by atoms with van der Waals surface area (Å²) in [6.07, 6.45) is 0.616. The quantitative estimate of drug-likeness (QED) is 0.627. The molecule has 0 spiro atoms. The van der Waals surface area contributed by atoms with Crippen molar-refractivity contribution in [2.24, 2.45) is 5.73 Å². The van der Waals surface area contributed by atoms with Gasteiger partial charge in [0, 0.05) is 0 Å². The third-order valence-corrected chi connectivity index (χ3v) is 1.19. The molecule has 0 saturated heterocycles. The second-order valence-corrected chi connectivity index (χ2v) is 1.94. The van der Waals surface area contributed by atoms with E-state index in [0.717, 1.165) is 0 Å². The number of ether oxygens (including phenoxy) is 1. The van der Waals surface area contributed by atoms with Gasteiger partial charge in [0.2, 0.25) is 0 Å². The van der Waals surface area contributed by atoms with Crippen LogP contribution in [-0.2, 0) is 0 Å². The highest BCUT2D eigenvalue weighted by atomic mass is 32.1. The fourth-order valence-corrected chi connectivity index (χ4v) is 0.800. The van der Waals surface area contributed by atoms with Crippen molar-refractivity contribution < 1.29 is 9.53 Å². The van der Waals surface area contributed by atoms with Crippen molar-refractivity contribution in [3.63, 3.8) is 0 Å². The van der Waals surface area contributed by atoms with Crippen LogP contribution in [0, 0.1) is 0 Å². The van der Waals surface area contributed by atoms with Gasteiger partial charge in [0.1, 0.15) is 0 Å². The Labute approximate surface area is 55.4 Å². The molecular weight excluding hydrogens is 140 g/mol. The van der Waals surface area contributed by atoms with E-state index >= 15 is 0 Å². The highest BCUT2D eigenvalue weighted by Crippen LogP contribution is 2.10. The standard InChI is InChI=1S/C4H4N2O2S/c5-4(7)8-3-1-6-9-2-3/h1-2H,(H2,5,7). The van der Waals surface area contributed by atoms with Crippen LogP contribution in [0.25, 0.3) is 0 Å². The summed E-state index contributed by atoms with van der Waals surface area (Å²) in [5.41, 5.74) is 4.70. The first kappa shape index (κ1) is 6.03. The Morgan fingerprint density at radius 1 is 1.89 bits per heavy atom. The van der Waals surface area contributed by atoms with Gasteiger partial charge >= 0.3 is 6.09 Å². The maximum Gasteiger partial charge on any atom is 0.410 e. The molecular formula is C4H4N2O2S. The molecule has 1 aromatic rings. The highest BCUT2D eigenvalue weighted by molar-refractivity contribution is 7.03. The molecule has 4 nitrogen and oxygen atoms in total. The number of rotatable bonds is 1. The molecule has 1 amide bonds. The van der Waals surface area contributed by atoms with E-state index in [2.05, 4.69) is 9.11 Å². The molecule has 0 aliphatic rings. The molecule has 2 N–H and O–H groups in total. The minimum Gasteiger partial charge on any atom is -0.408 e. The molecule has 9 heavy (non-hydrogen) atoms. The van der Waals surface area contributed by atoms with E-state index in [-0.39, 0.29) is 0 Å². The number of primary amides is 1. The van der Waals surface area contributed by atoms with Crippen molar-refractivity contribution in [2.75, 3.05) is 0 Å². The van der Waals surface area contributed by atoms with Crippen molar-refractivity contribution in [3.8, 4) is 5.75 Å². The van der Waals surface area contributed by atoms with Gasteiger partial charge in [-0.2, -0.15) is 4.37 Å². The number of amides is 1. The zero-order chi connectivity index (χ0) is 6.69. The van der Waals surface area contributed by atoms with E-state index < -0.39 is 6.09 Å². The van der Waals surface area contributed by atoms with Crippen molar-refractivity contribution in [1.29, 1.82) is 0 Å². The third-order valence-electron chi connectivity index (χ3n) is 0.628. The third kappa shape index (κ3) is 1.69. The Hall–Kier alpha value is -1.10. The van der Waals surface area contributed by atoms with Gasteiger partial charge in [0.05, 0.1) is 11.6 Å². The maximum absolute atomic E-state index is 10.0. The molecule has 48 valence electrons. The summed E-state index contributed by atoms with van der Waals surface area (Å²) in [5.74, 6) is 0.396. The number of carbonyl (C=O) groups is 1. The van der Waals surface area contributed by atoms with E-state index in [0.29, 0.717) is 5.75 Å². The Morgan fingerprint density at radius 3 is 3.11 bits per heavy atom. The van der Waals surface area contributed by atoms with Crippen LogP contribution in [-0.4, -0.2) is 10.5 Å². The zero-order valence-electron chi connectivity index (χ0n) is 4.40. The number of carbonyl (C=O) groups excluding carboxylic acids is 1. The fraction of sp³-hybridized carbons (Fsp3) is 0. The Morgan fingerprint density at radius 2 is 2.67 bits per heavy atom. The van der Waals surface area contributed by atoms with Gasteiger partial charge in [-0.25, -0.2) is 4.79 Å². The zero-order valence-corrected chi connectivity index (χ0v) is 5.22. The fourth-order valence-electron chi connectivity index (χ4n) is 0.362.